The molecule has 0 radical (unpaired) electrons. The summed E-state index contributed by atoms with van der Waals surface area (Å²) in [6.07, 6.45) is 0.431. The van der Waals surface area contributed by atoms with E-state index in [1.54, 1.807) is 0 Å². The SMILES string of the molecule is Cc1ccc(NC(=O)OC2CCN(C)N(C)C2)cc1. The van der Waals surface area contributed by atoms with Crippen LogP contribution in [0.3, 0.4) is 0 Å². The fourth-order valence-corrected chi connectivity index (χ4v) is 2.06. The summed E-state index contributed by atoms with van der Waals surface area (Å²) in [6.45, 7) is 3.65. The molecule has 1 saturated heterocycles. The zero-order valence-electron chi connectivity index (χ0n) is 11.7. The van der Waals surface area contributed by atoms with Gasteiger partial charge in [-0.25, -0.2) is 14.8 Å². The largest absolute Gasteiger partial charge is 0.445 e. The Hall–Kier alpha value is -1.59. The Bertz CT molecular complexity index is 433. The fourth-order valence-electron chi connectivity index (χ4n) is 2.06. The van der Waals surface area contributed by atoms with Crippen LogP contribution in [-0.2, 0) is 4.74 Å². The van der Waals surface area contributed by atoms with Gasteiger partial charge in [-0.1, -0.05) is 17.7 Å². The molecule has 1 fully saturated rings. The number of carbonyl (C=O) groups excluding carboxylic acids is 1. The summed E-state index contributed by atoms with van der Waals surface area (Å²) in [5, 5.41) is 6.93. The summed E-state index contributed by atoms with van der Waals surface area (Å²) in [4.78, 5) is 11.8. The third-order valence-electron chi connectivity index (χ3n) is 3.40. The first kappa shape index (κ1) is 13.8. The number of hydrogen-bond acceptors (Lipinski definition) is 4. The van der Waals surface area contributed by atoms with E-state index in [9.17, 15) is 4.79 Å². The van der Waals surface area contributed by atoms with Crippen LogP contribution in [0.2, 0.25) is 0 Å². The second-order valence-corrected chi connectivity index (χ2v) is 5.03. The van der Waals surface area contributed by atoms with Gasteiger partial charge < -0.3 is 4.74 Å². The molecule has 2 rings (SSSR count). The van der Waals surface area contributed by atoms with Crippen LogP contribution in [0, 0.1) is 6.92 Å². The molecular formula is C14H21N3O2. The normalized spacial score (nSPS) is 21.1. The predicted octanol–water partition coefficient (Wildman–Crippen LogP) is 2.09. The molecule has 1 aliphatic heterocycles. The molecule has 1 aromatic rings. The second kappa shape index (κ2) is 6.04. The summed E-state index contributed by atoms with van der Waals surface area (Å²) < 4.78 is 5.43. The van der Waals surface area contributed by atoms with Crippen LogP contribution >= 0.6 is 0 Å². The number of amides is 1. The Labute approximate surface area is 114 Å². The first-order chi connectivity index (χ1) is 9.04. The molecule has 0 bridgehead atoms. The molecule has 1 aliphatic rings. The summed E-state index contributed by atoms with van der Waals surface area (Å²) in [5.41, 5.74) is 1.92. The molecule has 0 saturated carbocycles. The third kappa shape index (κ3) is 3.94. The van der Waals surface area contributed by atoms with Gasteiger partial charge in [0.15, 0.2) is 0 Å². The van der Waals surface area contributed by atoms with E-state index in [0.717, 1.165) is 30.8 Å². The molecule has 1 unspecified atom stereocenters. The highest BCUT2D eigenvalue weighted by Crippen LogP contribution is 2.13. The summed E-state index contributed by atoms with van der Waals surface area (Å²) in [5.74, 6) is 0. The van der Waals surface area contributed by atoms with Crippen molar-refractivity contribution in [2.45, 2.75) is 19.4 Å². The molecular weight excluding hydrogens is 242 g/mol. The Morgan fingerprint density at radius 1 is 1.26 bits per heavy atom. The Morgan fingerprint density at radius 3 is 2.58 bits per heavy atom. The van der Waals surface area contributed by atoms with E-state index >= 15 is 0 Å². The first-order valence-electron chi connectivity index (χ1n) is 6.51. The molecule has 104 valence electrons. The number of nitrogens with zero attached hydrogens (tertiary/aromatic N) is 2. The maximum absolute atomic E-state index is 11.8. The lowest BCUT2D eigenvalue weighted by Gasteiger charge is -2.36. The highest BCUT2D eigenvalue weighted by molar-refractivity contribution is 5.84. The van der Waals surface area contributed by atoms with Crippen molar-refractivity contribution in [2.75, 3.05) is 32.5 Å². The van der Waals surface area contributed by atoms with Gasteiger partial charge in [0, 0.05) is 26.3 Å². The minimum absolute atomic E-state index is 0.0494. The number of benzene rings is 1. The van der Waals surface area contributed by atoms with Crippen molar-refractivity contribution in [3.63, 3.8) is 0 Å². The van der Waals surface area contributed by atoms with E-state index in [4.69, 9.17) is 4.74 Å². The number of ether oxygens (including phenoxy) is 1. The molecule has 1 N–H and O–H groups in total. The van der Waals surface area contributed by atoms with Gasteiger partial charge in [-0.05, 0) is 25.5 Å². The van der Waals surface area contributed by atoms with Crippen molar-refractivity contribution in [1.82, 2.24) is 10.0 Å². The summed E-state index contributed by atoms with van der Waals surface area (Å²) in [6, 6.07) is 7.66. The van der Waals surface area contributed by atoms with E-state index in [1.165, 1.54) is 0 Å². The molecule has 0 spiro atoms. The van der Waals surface area contributed by atoms with Gasteiger partial charge in [-0.2, -0.15) is 0 Å². The maximum Gasteiger partial charge on any atom is 0.411 e. The molecule has 5 nitrogen and oxygen atoms in total. The predicted molar refractivity (Wildman–Crippen MR) is 74.9 cm³/mol. The minimum atomic E-state index is -0.383. The summed E-state index contributed by atoms with van der Waals surface area (Å²) >= 11 is 0. The Morgan fingerprint density at radius 2 is 1.95 bits per heavy atom. The van der Waals surface area contributed by atoms with Crippen LogP contribution in [0.5, 0.6) is 0 Å². The van der Waals surface area contributed by atoms with Crippen molar-refractivity contribution in [3.8, 4) is 0 Å². The first-order valence-corrected chi connectivity index (χ1v) is 6.51. The second-order valence-electron chi connectivity index (χ2n) is 5.03. The molecule has 1 aromatic carbocycles. The smallest absolute Gasteiger partial charge is 0.411 e. The van der Waals surface area contributed by atoms with E-state index in [1.807, 2.05) is 45.3 Å². The third-order valence-corrected chi connectivity index (χ3v) is 3.40. The van der Waals surface area contributed by atoms with Crippen LogP contribution in [0.25, 0.3) is 0 Å². The van der Waals surface area contributed by atoms with Gasteiger partial charge in [0.2, 0.25) is 0 Å². The minimum Gasteiger partial charge on any atom is -0.445 e. The number of hydrogen-bond donors (Lipinski definition) is 1. The van der Waals surface area contributed by atoms with Crippen molar-refractivity contribution >= 4 is 11.8 Å². The molecule has 1 atom stereocenters. The lowest BCUT2D eigenvalue weighted by atomic mass is 10.2. The van der Waals surface area contributed by atoms with Crippen LogP contribution in [-0.4, -0.2) is 49.4 Å². The van der Waals surface area contributed by atoms with Crippen molar-refractivity contribution in [2.24, 2.45) is 0 Å². The average Bonchev–Trinajstić information content (AvgIpc) is 2.37. The number of carbonyl (C=O) groups is 1. The van der Waals surface area contributed by atoms with Crippen LogP contribution in [0.4, 0.5) is 10.5 Å². The topological polar surface area (TPSA) is 44.8 Å². The molecule has 19 heavy (non-hydrogen) atoms. The molecule has 0 aromatic heterocycles. The van der Waals surface area contributed by atoms with Crippen LogP contribution < -0.4 is 5.32 Å². The number of rotatable bonds is 2. The van der Waals surface area contributed by atoms with Gasteiger partial charge >= 0.3 is 6.09 Å². The van der Waals surface area contributed by atoms with Crippen molar-refractivity contribution in [1.29, 1.82) is 0 Å². The number of anilines is 1. The van der Waals surface area contributed by atoms with Crippen molar-refractivity contribution < 1.29 is 9.53 Å². The number of hydrazine groups is 1. The van der Waals surface area contributed by atoms with Crippen LogP contribution in [0.15, 0.2) is 24.3 Å². The van der Waals surface area contributed by atoms with Gasteiger partial charge in [0.05, 0.1) is 6.54 Å². The lowest BCUT2D eigenvalue weighted by Crippen LogP contribution is -2.49. The molecule has 5 heteroatoms. The zero-order valence-corrected chi connectivity index (χ0v) is 11.7. The molecule has 1 amide bonds. The Balaban J connectivity index is 1.83. The zero-order chi connectivity index (χ0) is 13.8. The van der Waals surface area contributed by atoms with Gasteiger partial charge in [0.25, 0.3) is 0 Å². The number of nitrogens with one attached hydrogen (secondary N) is 1. The van der Waals surface area contributed by atoms with E-state index in [0.29, 0.717) is 0 Å². The van der Waals surface area contributed by atoms with E-state index < -0.39 is 0 Å². The monoisotopic (exact) mass is 263 g/mol. The van der Waals surface area contributed by atoms with Gasteiger partial charge in [-0.15, -0.1) is 0 Å². The molecule has 0 aliphatic carbocycles. The van der Waals surface area contributed by atoms with E-state index in [2.05, 4.69) is 15.3 Å². The quantitative estimate of drug-likeness (QED) is 0.887. The summed E-state index contributed by atoms with van der Waals surface area (Å²) in [7, 11) is 4.02. The van der Waals surface area contributed by atoms with E-state index in [-0.39, 0.29) is 12.2 Å². The number of likely N-dealkylation sites (N-methyl/N-ethyl adjacent to an activating group) is 1. The maximum atomic E-state index is 11.8. The van der Waals surface area contributed by atoms with Gasteiger partial charge in [0.1, 0.15) is 6.10 Å². The average molecular weight is 263 g/mol. The highest BCUT2D eigenvalue weighted by Gasteiger charge is 2.24. The standard InChI is InChI=1S/C14H21N3O2/c1-11-4-6-12(7-5-11)15-14(18)19-13-8-9-16(2)17(3)10-13/h4-7,13H,8-10H2,1-3H3,(H,15,18). The lowest BCUT2D eigenvalue weighted by molar-refractivity contribution is -0.0597. The molecule has 1 heterocycles. The number of aryl methyl sites for hydroxylation is 1. The Kier molecular flexibility index (Phi) is 4.39. The van der Waals surface area contributed by atoms with Gasteiger partial charge in [-0.3, -0.25) is 5.32 Å². The fraction of sp³-hybridized carbons (Fsp3) is 0.500. The van der Waals surface area contributed by atoms with Crippen LogP contribution in [0.1, 0.15) is 12.0 Å². The highest BCUT2D eigenvalue weighted by atomic mass is 16.6. The van der Waals surface area contributed by atoms with Crippen molar-refractivity contribution in [3.05, 3.63) is 29.8 Å².